The van der Waals surface area contributed by atoms with Crippen molar-refractivity contribution >= 4 is 47.4 Å². The number of guanidine groups is 1. The molecule has 2 rings (SSSR count). The van der Waals surface area contributed by atoms with Crippen molar-refractivity contribution in [1.82, 2.24) is 10.6 Å². The lowest BCUT2D eigenvalue weighted by Gasteiger charge is -2.21. The van der Waals surface area contributed by atoms with Crippen molar-refractivity contribution < 1.29 is 8.78 Å². The number of benzene rings is 1. The van der Waals surface area contributed by atoms with Crippen molar-refractivity contribution in [3.63, 3.8) is 0 Å². The summed E-state index contributed by atoms with van der Waals surface area (Å²) in [5.74, 6) is 0.861. The largest absolute Gasteiger partial charge is 0.367 e. The second-order valence-corrected chi connectivity index (χ2v) is 6.76. The highest BCUT2D eigenvalue weighted by Gasteiger charge is 2.25. The summed E-state index contributed by atoms with van der Waals surface area (Å²) in [5.41, 5.74) is 0.461. The summed E-state index contributed by atoms with van der Waals surface area (Å²) in [6.07, 6.45) is 4.04. The van der Waals surface area contributed by atoms with Crippen LogP contribution in [0.1, 0.15) is 19.8 Å². The molecule has 0 amide bonds. The SMILES string of the molecule is CCNC(=NCCCSC)NC1CCN(c2ccc(F)cc2F)C1.I. The van der Waals surface area contributed by atoms with Crippen molar-refractivity contribution in [2.75, 3.05) is 43.1 Å². The molecule has 1 atom stereocenters. The topological polar surface area (TPSA) is 39.7 Å². The van der Waals surface area contributed by atoms with Crippen molar-refractivity contribution in [2.45, 2.75) is 25.8 Å². The van der Waals surface area contributed by atoms with E-state index in [1.165, 1.54) is 12.1 Å². The van der Waals surface area contributed by atoms with Crippen LogP contribution < -0.4 is 15.5 Å². The first-order chi connectivity index (χ1) is 11.6. The smallest absolute Gasteiger partial charge is 0.191 e. The second-order valence-electron chi connectivity index (χ2n) is 5.78. The summed E-state index contributed by atoms with van der Waals surface area (Å²) in [6.45, 7) is 5.05. The highest BCUT2D eigenvalue weighted by atomic mass is 127. The molecule has 2 N–H and O–H groups in total. The number of nitrogens with one attached hydrogen (secondary N) is 2. The van der Waals surface area contributed by atoms with Crippen LogP contribution in [0.15, 0.2) is 23.2 Å². The number of hydrogen-bond acceptors (Lipinski definition) is 3. The summed E-state index contributed by atoms with van der Waals surface area (Å²) < 4.78 is 27.0. The molecule has 1 aromatic carbocycles. The quantitative estimate of drug-likeness (QED) is 0.269. The number of aliphatic imine (C=N–C) groups is 1. The van der Waals surface area contributed by atoms with Crippen LogP contribution in [-0.4, -0.2) is 50.2 Å². The van der Waals surface area contributed by atoms with Crippen LogP contribution in [0.4, 0.5) is 14.5 Å². The minimum absolute atomic E-state index is 0. The van der Waals surface area contributed by atoms with Gasteiger partial charge in [0.1, 0.15) is 11.6 Å². The maximum absolute atomic E-state index is 13.9. The molecule has 4 nitrogen and oxygen atoms in total. The number of halogens is 3. The zero-order valence-electron chi connectivity index (χ0n) is 14.7. The lowest BCUT2D eigenvalue weighted by molar-refractivity contribution is 0.580. The van der Waals surface area contributed by atoms with E-state index < -0.39 is 11.6 Å². The third-order valence-electron chi connectivity index (χ3n) is 3.90. The Kier molecular flexibility index (Phi) is 10.5. The molecular formula is C17H27F2IN4S. The third-order valence-corrected chi connectivity index (χ3v) is 4.60. The van der Waals surface area contributed by atoms with Gasteiger partial charge >= 0.3 is 0 Å². The normalized spacial score (nSPS) is 17.4. The molecule has 0 radical (unpaired) electrons. The van der Waals surface area contributed by atoms with E-state index in [1.807, 2.05) is 23.6 Å². The van der Waals surface area contributed by atoms with Gasteiger partial charge in [0.15, 0.2) is 5.96 Å². The third kappa shape index (κ3) is 7.16. The molecule has 142 valence electrons. The van der Waals surface area contributed by atoms with E-state index >= 15 is 0 Å². The fraction of sp³-hybridized carbons (Fsp3) is 0.588. The Labute approximate surface area is 170 Å². The first-order valence-electron chi connectivity index (χ1n) is 8.37. The lowest BCUT2D eigenvalue weighted by atomic mass is 10.2. The van der Waals surface area contributed by atoms with Crippen LogP contribution in [0.2, 0.25) is 0 Å². The molecule has 8 heteroatoms. The Hall–Kier alpha value is -0.770. The fourth-order valence-corrected chi connectivity index (χ4v) is 3.17. The predicted octanol–water partition coefficient (Wildman–Crippen LogP) is 3.47. The first-order valence-corrected chi connectivity index (χ1v) is 9.77. The first kappa shape index (κ1) is 22.3. The van der Waals surface area contributed by atoms with Crippen LogP contribution in [0.25, 0.3) is 0 Å². The van der Waals surface area contributed by atoms with Gasteiger partial charge < -0.3 is 15.5 Å². The molecule has 1 unspecified atom stereocenters. The van der Waals surface area contributed by atoms with E-state index in [4.69, 9.17) is 0 Å². The van der Waals surface area contributed by atoms with Gasteiger partial charge in [0, 0.05) is 38.3 Å². The molecule has 0 aliphatic carbocycles. The molecule has 0 aromatic heterocycles. The summed E-state index contributed by atoms with van der Waals surface area (Å²) in [4.78, 5) is 6.53. The Morgan fingerprint density at radius 1 is 1.40 bits per heavy atom. The lowest BCUT2D eigenvalue weighted by Crippen LogP contribution is -2.44. The Morgan fingerprint density at radius 2 is 2.20 bits per heavy atom. The molecule has 0 saturated carbocycles. The maximum atomic E-state index is 13.9. The summed E-state index contributed by atoms with van der Waals surface area (Å²) >= 11 is 1.82. The Morgan fingerprint density at radius 3 is 2.88 bits per heavy atom. The Bertz CT molecular complexity index is 559. The molecule has 1 saturated heterocycles. The van der Waals surface area contributed by atoms with E-state index in [0.29, 0.717) is 12.2 Å². The van der Waals surface area contributed by atoms with Gasteiger partial charge in [-0.25, -0.2) is 8.78 Å². The maximum Gasteiger partial charge on any atom is 0.191 e. The number of hydrogen-bond donors (Lipinski definition) is 2. The van der Waals surface area contributed by atoms with Gasteiger partial charge in [-0.1, -0.05) is 0 Å². The predicted molar refractivity (Wildman–Crippen MR) is 115 cm³/mol. The van der Waals surface area contributed by atoms with E-state index in [-0.39, 0.29) is 30.0 Å². The summed E-state index contributed by atoms with van der Waals surface area (Å²) in [7, 11) is 0. The minimum Gasteiger partial charge on any atom is -0.367 e. The summed E-state index contributed by atoms with van der Waals surface area (Å²) in [5, 5.41) is 6.67. The van der Waals surface area contributed by atoms with E-state index in [9.17, 15) is 8.78 Å². The Balaban J connectivity index is 0.00000312. The van der Waals surface area contributed by atoms with Crippen molar-refractivity contribution in [3.8, 4) is 0 Å². The van der Waals surface area contributed by atoms with Crippen LogP contribution in [0.3, 0.4) is 0 Å². The van der Waals surface area contributed by atoms with Crippen molar-refractivity contribution in [3.05, 3.63) is 29.8 Å². The monoisotopic (exact) mass is 484 g/mol. The number of thioether (sulfide) groups is 1. The summed E-state index contributed by atoms with van der Waals surface area (Å²) in [6, 6.07) is 3.95. The van der Waals surface area contributed by atoms with Gasteiger partial charge in [-0.2, -0.15) is 11.8 Å². The highest BCUT2D eigenvalue weighted by Crippen LogP contribution is 2.24. The van der Waals surface area contributed by atoms with Crippen molar-refractivity contribution in [2.24, 2.45) is 4.99 Å². The molecular weight excluding hydrogens is 457 g/mol. The average molecular weight is 484 g/mol. The van der Waals surface area contributed by atoms with Crippen LogP contribution in [0.5, 0.6) is 0 Å². The number of nitrogens with zero attached hydrogens (tertiary/aromatic N) is 2. The molecule has 25 heavy (non-hydrogen) atoms. The van der Waals surface area contributed by atoms with E-state index in [0.717, 1.165) is 50.3 Å². The standard InChI is InChI=1S/C17H26F2N4S.HI/c1-3-20-17(21-8-4-10-24-2)22-14-7-9-23(12-14)16-6-5-13(18)11-15(16)19;/h5-6,11,14H,3-4,7-10,12H2,1-2H3,(H2,20,21,22);1H. The second kappa shape index (κ2) is 11.8. The van der Waals surface area contributed by atoms with E-state index in [2.05, 4.69) is 21.9 Å². The zero-order valence-corrected chi connectivity index (χ0v) is 17.9. The minimum atomic E-state index is -0.545. The van der Waals surface area contributed by atoms with Gasteiger partial charge in [0.05, 0.1) is 5.69 Å². The van der Waals surface area contributed by atoms with Gasteiger partial charge in [-0.15, -0.1) is 24.0 Å². The van der Waals surface area contributed by atoms with Crippen LogP contribution in [-0.2, 0) is 0 Å². The van der Waals surface area contributed by atoms with Crippen molar-refractivity contribution in [1.29, 1.82) is 0 Å². The zero-order chi connectivity index (χ0) is 17.4. The molecule has 1 aromatic rings. The molecule has 1 aliphatic heterocycles. The average Bonchev–Trinajstić information content (AvgIpc) is 3.00. The van der Waals surface area contributed by atoms with Crippen LogP contribution in [0, 0.1) is 11.6 Å². The molecule has 0 bridgehead atoms. The number of anilines is 1. The molecule has 0 spiro atoms. The number of rotatable bonds is 7. The van der Waals surface area contributed by atoms with Gasteiger partial charge in [-0.3, -0.25) is 4.99 Å². The van der Waals surface area contributed by atoms with Gasteiger partial charge in [-0.05, 0) is 43.9 Å². The fourth-order valence-electron chi connectivity index (χ4n) is 2.75. The van der Waals surface area contributed by atoms with Gasteiger partial charge in [0.2, 0.25) is 0 Å². The molecule has 1 fully saturated rings. The molecule has 1 aliphatic rings. The van der Waals surface area contributed by atoms with E-state index in [1.54, 1.807) is 0 Å². The molecule has 1 heterocycles. The van der Waals surface area contributed by atoms with Crippen LogP contribution >= 0.6 is 35.7 Å². The van der Waals surface area contributed by atoms with Gasteiger partial charge in [0.25, 0.3) is 0 Å². The highest BCUT2D eigenvalue weighted by molar-refractivity contribution is 14.0.